The Labute approximate surface area is 171 Å². The molecule has 6 nitrogen and oxygen atoms in total. The van der Waals surface area contributed by atoms with Crippen molar-refractivity contribution in [3.05, 3.63) is 47.4 Å². The minimum absolute atomic E-state index is 0.130. The lowest BCUT2D eigenvalue weighted by Gasteiger charge is -2.45. The number of nitrogens with zero attached hydrogens (tertiary/aromatic N) is 3. The maximum absolute atomic E-state index is 13.1. The van der Waals surface area contributed by atoms with Crippen molar-refractivity contribution in [2.75, 3.05) is 25.9 Å². The minimum Gasteiger partial charge on any atom is -0.379 e. The summed E-state index contributed by atoms with van der Waals surface area (Å²) in [5, 5.41) is 0.264. The molecule has 3 aromatic rings. The van der Waals surface area contributed by atoms with Crippen LogP contribution in [-0.2, 0) is 23.8 Å². The molecule has 2 aliphatic rings. The summed E-state index contributed by atoms with van der Waals surface area (Å²) in [6.45, 7) is 1.87. The van der Waals surface area contributed by atoms with Gasteiger partial charge in [0.25, 0.3) is 0 Å². The number of H-pyrrole nitrogens is 1. The summed E-state index contributed by atoms with van der Waals surface area (Å²) in [7, 11) is 1.74. The molecule has 0 unspecified atom stereocenters. The van der Waals surface area contributed by atoms with Crippen LogP contribution in [0.3, 0.4) is 0 Å². The highest BCUT2D eigenvalue weighted by molar-refractivity contribution is 5.85. The number of nitrogens with one attached hydrogen (secondary N) is 1. The summed E-state index contributed by atoms with van der Waals surface area (Å²) in [6, 6.07) is 7.48. The van der Waals surface area contributed by atoms with Crippen LogP contribution in [0, 0.1) is 0 Å². The van der Waals surface area contributed by atoms with Gasteiger partial charge in [0, 0.05) is 26.2 Å². The molecular weight excluding hydrogens is 395 g/mol. The SMILES string of the molecule is COC1CN([C@H]2CCc3cccc(-[n+]4cnc5[nH]c(C(F)(F)F)cc5c4N)c3C2)C1. The number of aromatic amines is 1. The van der Waals surface area contributed by atoms with Gasteiger partial charge in [-0.15, -0.1) is 0 Å². The number of aromatic nitrogens is 3. The van der Waals surface area contributed by atoms with Crippen molar-refractivity contribution in [3.63, 3.8) is 0 Å². The number of aryl methyl sites for hydroxylation is 1. The van der Waals surface area contributed by atoms with E-state index in [4.69, 9.17) is 10.5 Å². The van der Waals surface area contributed by atoms with Gasteiger partial charge in [-0.3, -0.25) is 4.90 Å². The molecule has 30 heavy (non-hydrogen) atoms. The van der Waals surface area contributed by atoms with Gasteiger partial charge >= 0.3 is 6.18 Å². The number of hydrogen-bond acceptors (Lipinski definition) is 4. The van der Waals surface area contributed by atoms with E-state index in [9.17, 15) is 13.2 Å². The van der Waals surface area contributed by atoms with Gasteiger partial charge in [-0.25, -0.2) is 4.57 Å². The molecular formula is C21H23F3N5O+. The number of fused-ring (bicyclic) bond motifs is 2. The van der Waals surface area contributed by atoms with E-state index in [0.29, 0.717) is 12.1 Å². The lowest BCUT2D eigenvalue weighted by Crippen LogP contribution is -2.57. The van der Waals surface area contributed by atoms with Gasteiger partial charge in [-0.1, -0.05) is 17.1 Å². The van der Waals surface area contributed by atoms with Crippen LogP contribution in [0.1, 0.15) is 23.2 Å². The van der Waals surface area contributed by atoms with Gasteiger partial charge in [-0.05, 0) is 42.5 Å². The third kappa shape index (κ3) is 3.13. The molecule has 2 aromatic heterocycles. The molecule has 1 atom stereocenters. The highest BCUT2D eigenvalue weighted by Crippen LogP contribution is 2.33. The molecule has 0 spiro atoms. The molecule has 0 saturated carbocycles. The normalized spacial score (nSPS) is 20.3. The second-order valence-electron chi connectivity index (χ2n) is 8.07. The summed E-state index contributed by atoms with van der Waals surface area (Å²) in [5.41, 5.74) is 8.91. The van der Waals surface area contributed by atoms with Gasteiger partial charge in [-0.2, -0.15) is 13.2 Å². The van der Waals surface area contributed by atoms with Crippen molar-refractivity contribution in [2.45, 2.75) is 37.6 Å². The van der Waals surface area contributed by atoms with Crippen LogP contribution in [0.2, 0.25) is 0 Å². The number of hydrogen-bond donors (Lipinski definition) is 2. The first kappa shape index (κ1) is 19.3. The first-order valence-corrected chi connectivity index (χ1v) is 9.99. The van der Waals surface area contributed by atoms with Crippen LogP contribution < -0.4 is 10.3 Å². The third-order valence-electron chi connectivity index (χ3n) is 6.36. The summed E-state index contributed by atoms with van der Waals surface area (Å²) < 4.78 is 46.4. The Kier molecular flexibility index (Phi) is 4.48. The van der Waals surface area contributed by atoms with Crippen LogP contribution in [0.25, 0.3) is 16.7 Å². The van der Waals surface area contributed by atoms with E-state index in [0.717, 1.165) is 44.1 Å². The fraction of sp³-hybridized carbons (Fsp3) is 0.429. The summed E-state index contributed by atoms with van der Waals surface area (Å²) in [5.74, 6) is 0.241. The van der Waals surface area contributed by atoms with E-state index in [2.05, 4.69) is 20.9 Å². The first-order chi connectivity index (χ1) is 14.3. The van der Waals surface area contributed by atoms with E-state index in [1.54, 1.807) is 11.7 Å². The van der Waals surface area contributed by atoms with Crippen molar-refractivity contribution in [3.8, 4) is 5.69 Å². The molecule has 0 radical (unpaired) electrons. The Balaban J connectivity index is 1.53. The number of methoxy groups -OCH3 is 1. The topological polar surface area (TPSA) is 71.0 Å². The predicted molar refractivity (Wildman–Crippen MR) is 105 cm³/mol. The highest BCUT2D eigenvalue weighted by Gasteiger charge is 2.36. The largest absolute Gasteiger partial charge is 0.431 e. The highest BCUT2D eigenvalue weighted by atomic mass is 19.4. The van der Waals surface area contributed by atoms with Gasteiger partial charge < -0.3 is 15.5 Å². The second kappa shape index (κ2) is 6.95. The molecule has 1 aromatic carbocycles. The van der Waals surface area contributed by atoms with E-state index < -0.39 is 11.9 Å². The Hall–Kier alpha value is -2.65. The van der Waals surface area contributed by atoms with Crippen LogP contribution in [0.4, 0.5) is 19.0 Å². The number of anilines is 1. The monoisotopic (exact) mass is 418 g/mol. The van der Waals surface area contributed by atoms with Crippen molar-refractivity contribution in [1.29, 1.82) is 0 Å². The number of rotatable bonds is 3. The average Bonchev–Trinajstić information content (AvgIpc) is 3.13. The molecule has 1 saturated heterocycles. The lowest BCUT2D eigenvalue weighted by atomic mass is 9.85. The zero-order chi connectivity index (χ0) is 21.0. The van der Waals surface area contributed by atoms with Gasteiger partial charge in [0.15, 0.2) is 0 Å². The van der Waals surface area contributed by atoms with E-state index in [1.165, 1.54) is 17.5 Å². The molecule has 1 fully saturated rings. The van der Waals surface area contributed by atoms with Crippen molar-refractivity contribution >= 4 is 16.9 Å². The van der Waals surface area contributed by atoms with E-state index in [-0.39, 0.29) is 16.9 Å². The first-order valence-electron chi connectivity index (χ1n) is 9.99. The van der Waals surface area contributed by atoms with E-state index in [1.807, 2.05) is 12.1 Å². The van der Waals surface area contributed by atoms with Gasteiger partial charge in [0.1, 0.15) is 16.8 Å². The lowest BCUT2D eigenvalue weighted by molar-refractivity contribution is -0.582. The number of halogens is 3. The Morgan fingerprint density at radius 1 is 1.30 bits per heavy atom. The van der Waals surface area contributed by atoms with Gasteiger partial charge in [0.2, 0.25) is 17.8 Å². The van der Waals surface area contributed by atoms with Crippen LogP contribution >= 0.6 is 0 Å². The fourth-order valence-corrected chi connectivity index (χ4v) is 4.60. The number of nitrogens with two attached hydrogens (primary N) is 1. The average molecular weight is 418 g/mol. The molecule has 5 rings (SSSR count). The summed E-state index contributed by atoms with van der Waals surface area (Å²) in [6.07, 6.45) is 0.229. The third-order valence-corrected chi connectivity index (χ3v) is 6.36. The van der Waals surface area contributed by atoms with Crippen molar-refractivity contribution in [1.82, 2.24) is 14.9 Å². The maximum atomic E-state index is 13.1. The molecule has 0 bridgehead atoms. The molecule has 9 heteroatoms. The minimum atomic E-state index is -4.48. The van der Waals surface area contributed by atoms with Crippen molar-refractivity contribution < 1.29 is 22.5 Å². The van der Waals surface area contributed by atoms with Crippen LogP contribution in [0.15, 0.2) is 30.6 Å². The van der Waals surface area contributed by atoms with Crippen LogP contribution in [-0.4, -0.2) is 47.2 Å². The summed E-state index contributed by atoms with van der Waals surface area (Å²) in [4.78, 5) is 8.96. The second-order valence-corrected chi connectivity index (χ2v) is 8.07. The Morgan fingerprint density at radius 2 is 2.10 bits per heavy atom. The predicted octanol–water partition coefficient (Wildman–Crippen LogP) is 2.63. The Morgan fingerprint density at radius 3 is 2.83 bits per heavy atom. The zero-order valence-electron chi connectivity index (χ0n) is 16.5. The van der Waals surface area contributed by atoms with Gasteiger partial charge in [0.05, 0.1) is 6.10 Å². The number of benzene rings is 1. The molecule has 1 aliphatic heterocycles. The standard InChI is InChI=1S/C21H22F3N5O/c1-30-14-9-28(10-14)13-6-5-12-3-2-4-17(15(12)7-13)29-11-26-20-16(19(29)25)8-18(27-20)21(22,23)24/h2-4,8,11,13-14H,5-7,9-10H2,1H3,(H2,25,27)/p+1/t13-/m0/s1. The molecule has 158 valence electrons. The summed E-state index contributed by atoms with van der Waals surface area (Å²) >= 11 is 0. The van der Waals surface area contributed by atoms with Crippen LogP contribution in [0.5, 0.6) is 0 Å². The number of likely N-dealkylation sites (tertiary alicyclic amines) is 1. The smallest absolute Gasteiger partial charge is 0.379 e. The van der Waals surface area contributed by atoms with E-state index >= 15 is 0 Å². The Bertz CT molecular complexity index is 1100. The molecule has 3 N–H and O–H groups in total. The maximum Gasteiger partial charge on any atom is 0.431 e. The number of nitrogen functional groups attached to an aromatic ring is 1. The number of ether oxygens (including phenoxy) is 1. The molecule has 3 heterocycles. The molecule has 1 aliphatic carbocycles. The fourth-order valence-electron chi connectivity index (χ4n) is 4.60. The quantitative estimate of drug-likeness (QED) is 0.642. The zero-order valence-corrected chi connectivity index (χ0v) is 16.5. The number of alkyl halides is 3. The van der Waals surface area contributed by atoms with Crippen molar-refractivity contribution in [2.24, 2.45) is 0 Å². The molecule has 0 amide bonds.